The van der Waals surface area contributed by atoms with Crippen LogP contribution >= 0.6 is 0 Å². The molecule has 0 fully saturated rings. The van der Waals surface area contributed by atoms with Crippen molar-refractivity contribution >= 4 is 22.5 Å². The lowest BCUT2D eigenvalue weighted by Crippen LogP contribution is -1.96. The van der Waals surface area contributed by atoms with E-state index in [0.29, 0.717) is 28.4 Å². The van der Waals surface area contributed by atoms with Crippen LogP contribution in [0.3, 0.4) is 0 Å². The Bertz CT molecular complexity index is 1290. The van der Waals surface area contributed by atoms with Crippen LogP contribution in [0.5, 0.6) is 0 Å². The molecule has 0 amide bonds. The van der Waals surface area contributed by atoms with Gasteiger partial charge >= 0.3 is 0 Å². The molecule has 5 aromatic rings. The number of rotatable bonds is 4. The molecule has 0 bridgehead atoms. The lowest BCUT2D eigenvalue weighted by Gasteiger charge is -2.07. The summed E-state index contributed by atoms with van der Waals surface area (Å²) >= 11 is 0. The summed E-state index contributed by atoms with van der Waals surface area (Å²) in [4.78, 5) is 20.4. The Morgan fingerprint density at radius 3 is 2.50 bits per heavy atom. The molecule has 0 saturated carbocycles. The number of anilines is 2. The minimum absolute atomic E-state index is 0.359. The maximum Gasteiger partial charge on any atom is 0.161 e. The van der Waals surface area contributed by atoms with Crippen LogP contribution in [0.15, 0.2) is 73.2 Å². The summed E-state index contributed by atoms with van der Waals surface area (Å²) in [6.45, 7) is 0. The topological polar surface area (TPSA) is 79.4 Å². The van der Waals surface area contributed by atoms with Crippen LogP contribution in [0.1, 0.15) is 0 Å². The van der Waals surface area contributed by atoms with Gasteiger partial charge in [0.1, 0.15) is 17.3 Å². The number of H-pyrrole nitrogens is 1. The van der Waals surface area contributed by atoms with Crippen molar-refractivity contribution in [3.8, 4) is 22.8 Å². The molecule has 0 aliphatic carbocycles. The molecule has 0 aliphatic rings. The molecular formula is C22H14F2N6. The van der Waals surface area contributed by atoms with Gasteiger partial charge in [0, 0.05) is 29.6 Å². The quantitative estimate of drug-likeness (QED) is 0.439. The van der Waals surface area contributed by atoms with Crippen molar-refractivity contribution in [1.82, 2.24) is 24.9 Å². The third-order valence-corrected chi connectivity index (χ3v) is 4.51. The standard InChI is InChI=1S/C22H14F2N6/c23-15-9-18-19(10-16(15)24)30-22(29-18)13-4-3-5-14(8-13)28-21-12-26-20(11-27-21)17-6-1-2-7-25-17/h1-12H,(H,27,28)(H,29,30). The first-order valence-corrected chi connectivity index (χ1v) is 9.11. The minimum atomic E-state index is -0.927. The number of hydrogen-bond donors (Lipinski definition) is 2. The Morgan fingerprint density at radius 1 is 0.800 bits per heavy atom. The number of nitrogens with one attached hydrogen (secondary N) is 2. The number of fused-ring (bicyclic) bond motifs is 1. The summed E-state index contributed by atoms with van der Waals surface area (Å²) in [5.41, 5.74) is 3.74. The number of nitrogens with zero attached hydrogens (tertiary/aromatic N) is 4. The summed E-state index contributed by atoms with van der Waals surface area (Å²) in [5.74, 6) is -0.764. The second-order valence-corrected chi connectivity index (χ2v) is 6.58. The number of aromatic amines is 1. The van der Waals surface area contributed by atoms with E-state index in [1.54, 1.807) is 18.6 Å². The summed E-state index contributed by atoms with van der Waals surface area (Å²) in [7, 11) is 0. The maximum absolute atomic E-state index is 13.5. The summed E-state index contributed by atoms with van der Waals surface area (Å²) in [5, 5.41) is 3.19. The van der Waals surface area contributed by atoms with E-state index in [1.807, 2.05) is 42.5 Å². The fraction of sp³-hybridized carbons (Fsp3) is 0. The highest BCUT2D eigenvalue weighted by molar-refractivity contribution is 5.80. The molecule has 2 aromatic carbocycles. The van der Waals surface area contributed by atoms with E-state index in [0.717, 1.165) is 29.1 Å². The van der Waals surface area contributed by atoms with Crippen molar-refractivity contribution in [3.05, 3.63) is 84.8 Å². The van der Waals surface area contributed by atoms with Crippen LogP contribution in [0.25, 0.3) is 33.8 Å². The van der Waals surface area contributed by atoms with Gasteiger partial charge in [-0.25, -0.2) is 23.7 Å². The van der Waals surface area contributed by atoms with Gasteiger partial charge in [0.25, 0.3) is 0 Å². The van der Waals surface area contributed by atoms with Crippen LogP contribution in [0.2, 0.25) is 0 Å². The highest BCUT2D eigenvalue weighted by Crippen LogP contribution is 2.25. The van der Waals surface area contributed by atoms with E-state index in [1.165, 1.54) is 0 Å². The molecule has 0 radical (unpaired) electrons. The molecule has 5 rings (SSSR count). The van der Waals surface area contributed by atoms with E-state index < -0.39 is 11.6 Å². The second kappa shape index (κ2) is 7.32. The molecule has 146 valence electrons. The van der Waals surface area contributed by atoms with Crippen LogP contribution in [-0.4, -0.2) is 24.9 Å². The van der Waals surface area contributed by atoms with Crippen molar-refractivity contribution in [3.63, 3.8) is 0 Å². The van der Waals surface area contributed by atoms with Crippen molar-refractivity contribution in [1.29, 1.82) is 0 Å². The Labute approximate surface area is 169 Å². The maximum atomic E-state index is 13.5. The lowest BCUT2D eigenvalue weighted by atomic mass is 10.2. The predicted molar refractivity (Wildman–Crippen MR) is 110 cm³/mol. The Morgan fingerprint density at radius 2 is 1.70 bits per heavy atom. The molecule has 2 N–H and O–H groups in total. The van der Waals surface area contributed by atoms with Gasteiger partial charge in [-0.15, -0.1) is 0 Å². The molecule has 0 atom stereocenters. The van der Waals surface area contributed by atoms with Gasteiger partial charge in [0.05, 0.1) is 29.1 Å². The highest BCUT2D eigenvalue weighted by Gasteiger charge is 2.10. The molecule has 3 heterocycles. The molecule has 30 heavy (non-hydrogen) atoms. The van der Waals surface area contributed by atoms with Gasteiger partial charge in [-0.1, -0.05) is 18.2 Å². The molecule has 0 saturated heterocycles. The van der Waals surface area contributed by atoms with Gasteiger partial charge in [-0.05, 0) is 24.3 Å². The second-order valence-electron chi connectivity index (χ2n) is 6.58. The van der Waals surface area contributed by atoms with Gasteiger partial charge in [0.2, 0.25) is 0 Å². The van der Waals surface area contributed by atoms with E-state index in [2.05, 4.69) is 30.2 Å². The third-order valence-electron chi connectivity index (χ3n) is 4.51. The van der Waals surface area contributed by atoms with Crippen LogP contribution in [-0.2, 0) is 0 Å². The smallest absolute Gasteiger partial charge is 0.161 e. The van der Waals surface area contributed by atoms with E-state index in [-0.39, 0.29) is 0 Å². The number of aromatic nitrogens is 5. The number of pyridine rings is 1. The average Bonchev–Trinajstić information content (AvgIpc) is 3.18. The number of halogens is 2. The first-order chi connectivity index (χ1) is 14.7. The van der Waals surface area contributed by atoms with Gasteiger partial charge in [-0.3, -0.25) is 4.98 Å². The molecule has 0 spiro atoms. The Balaban J connectivity index is 1.40. The molecule has 6 nitrogen and oxygen atoms in total. The van der Waals surface area contributed by atoms with E-state index in [9.17, 15) is 8.78 Å². The molecule has 8 heteroatoms. The SMILES string of the molecule is Fc1cc2nc(-c3cccc(Nc4cnc(-c5ccccn5)cn4)c3)[nH]c2cc1F. The fourth-order valence-electron chi connectivity index (χ4n) is 3.07. The zero-order valence-corrected chi connectivity index (χ0v) is 15.5. The summed E-state index contributed by atoms with van der Waals surface area (Å²) < 4.78 is 26.9. The van der Waals surface area contributed by atoms with Crippen LogP contribution in [0.4, 0.5) is 20.3 Å². The third kappa shape index (κ3) is 3.46. The zero-order valence-electron chi connectivity index (χ0n) is 15.5. The average molecular weight is 400 g/mol. The van der Waals surface area contributed by atoms with Crippen molar-refractivity contribution in [2.24, 2.45) is 0 Å². The van der Waals surface area contributed by atoms with Gasteiger partial charge < -0.3 is 10.3 Å². The highest BCUT2D eigenvalue weighted by atomic mass is 19.2. The minimum Gasteiger partial charge on any atom is -0.339 e. The zero-order chi connectivity index (χ0) is 20.5. The summed E-state index contributed by atoms with van der Waals surface area (Å²) in [6, 6.07) is 15.2. The van der Waals surface area contributed by atoms with E-state index in [4.69, 9.17) is 0 Å². The largest absolute Gasteiger partial charge is 0.339 e. The normalized spacial score (nSPS) is 11.0. The lowest BCUT2D eigenvalue weighted by molar-refractivity contribution is 0.510. The molecule has 0 unspecified atom stereocenters. The molecule has 3 aromatic heterocycles. The first-order valence-electron chi connectivity index (χ1n) is 9.11. The number of hydrogen-bond acceptors (Lipinski definition) is 5. The van der Waals surface area contributed by atoms with E-state index >= 15 is 0 Å². The number of imidazole rings is 1. The molecule has 0 aliphatic heterocycles. The van der Waals surface area contributed by atoms with Crippen molar-refractivity contribution in [2.45, 2.75) is 0 Å². The van der Waals surface area contributed by atoms with Crippen LogP contribution < -0.4 is 5.32 Å². The van der Waals surface area contributed by atoms with Crippen molar-refractivity contribution in [2.75, 3.05) is 5.32 Å². The fourth-order valence-corrected chi connectivity index (χ4v) is 3.07. The van der Waals surface area contributed by atoms with Crippen molar-refractivity contribution < 1.29 is 8.78 Å². The van der Waals surface area contributed by atoms with Crippen LogP contribution in [0, 0.1) is 11.6 Å². The summed E-state index contributed by atoms with van der Waals surface area (Å²) in [6.07, 6.45) is 4.98. The predicted octanol–water partition coefficient (Wildman–Crippen LogP) is 5.10. The van der Waals surface area contributed by atoms with Gasteiger partial charge in [-0.2, -0.15) is 0 Å². The Kier molecular flexibility index (Phi) is 4.36. The first kappa shape index (κ1) is 17.9. The molecular weight excluding hydrogens is 386 g/mol. The Hall–Kier alpha value is -4.20. The monoisotopic (exact) mass is 400 g/mol. The van der Waals surface area contributed by atoms with Gasteiger partial charge in [0.15, 0.2) is 11.6 Å². The number of benzene rings is 2.